The summed E-state index contributed by atoms with van der Waals surface area (Å²) in [5.74, 6) is 0.391. The third-order valence-corrected chi connectivity index (χ3v) is 4.37. The number of hydrogen-bond donors (Lipinski definition) is 1. The van der Waals surface area contributed by atoms with Gasteiger partial charge in [0.1, 0.15) is 0 Å². The summed E-state index contributed by atoms with van der Waals surface area (Å²) in [5.41, 5.74) is 0.979. The molecule has 1 N–H and O–H groups in total. The number of amides is 2. The molecule has 2 amide bonds. The average Bonchev–Trinajstić information content (AvgIpc) is 2.74. The highest BCUT2D eigenvalue weighted by Gasteiger charge is 2.23. The summed E-state index contributed by atoms with van der Waals surface area (Å²) in [6.45, 7) is 3.39. The molecule has 8 nitrogen and oxygen atoms in total. The zero-order chi connectivity index (χ0) is 19.1. The van der Waals surface area contributed by atoms with E-state index in [1.165, 1.54) is 0 Å². The Kier molecular flexibility index (Phi) is 6.32. The lowest BCUT2D eigenvalue weighted by atomic mass is 10.1. The van der Waals surface area contributed by atoms with Gasteiger partial charge in [-0.05, 0) is 24.3 Å². The van der Waals surface area contributed by atoms with E-state index in [4.69, 9.17) is 4.74 Å². The number of nitrogens with zero attached hydrogens (tertiary/aromatic N) is 4. The molecule has 3 rings (SSSR count). The summed E-state index contributed by atoms with van der Waals surface area (Å²) in [4.78, 5) is 37.3. The van der Waals surface area contributed by atoms with Crippen LogP contribution in [0.3, 0.4) is 0 Å². The fourth-order valence-electron chi connectivity index (χ4n) is 2.91. The summed E-state index contributed by atoms with van der Waals surface area (Å²) < 4.78 is 4.92. The van der Waals surface area contributed by atoms with Crippen molar-refractivity contribution in [1.29, 1.82) is 0 Å². The Morgan fingerprint density at radius 1 is 1.07 bits per heavy atom. The van der Waals surface area contributed by atoms with Gasteiger partial charge in [0.2, 0.25) is 5.95 Å². The normalized spacial score (nSPS) is 14.1. The van der Waals surface area contributed by atoms with Gasteiger partial charge in [-0.3, -0.25) is 9.59 Å². The van der Waals surface area contributed by atoms with Gasteiger partial charge < -0.3 is 19.9 Å². The van der Waals surface area contributed by atoms with E-state index < -0.39 is 0 Å². The second kappa shape index (κ2) is 9.09. The Morgan fingerprint density at radius 2 is 1.78 bits per heavy atom. The molecule has 1 aromatic carbocycles. The van der Waals surface area contributed by atoms with Gasteiger partial charge >= 0.3 is 0 Å². The minimum Gasteiger partial charge on any atom is -0.383 e. The maximum atomic E-state index is 12.8. The van der Waals surface area contributed by atoms with Crippen LogP contribution in [0.25, 0.3) is 0 Å². The molecule has 0 radical (unpaired) electrons. The number of benzene rings is 1. The molecule has 0 spiro atoms. The van der Waals surface area contributed by atoms with Crippen LogP contribution in [-0.2, 0) is 4.74 Å². The molecule has 8 heteroatoms. The highest BCUT2D eigenvalue weighted by atomic mass is 16.5. The van der Waals surface area contributed by atoms with Crippen molar-refractivity contribution in [3.8, 4) is 0 Å². The van der Waals surface area contributed by atoms with Crippen LogP contribution in [0.5, 0.6) is 0 Å². The van der Waals surface area contributed by atoms with E-state index >= 15 is 0 Å². The number of methoxy groups -OCH3 is 1. The van der Waals surface area contributed by atoms with Crippen LogP contribution >= 0.6 is 0 Å². The lowest BCUT2D eigenvalue weighted by molar-refractivity contribution is 0.0746. The summed E-state index contributed by atoms with van der Waals surface area (Å²) in [5, 5.41) is 2.76. The molecular formula is C19H23N5O3. The van der Waals surface area contributed by atoms with Crippen molar-refractivity contribution in [3.05, 3.63) is 53.9 Å². The van der Waals surface area contributed by atoms with Crippen molar-refractivity contribution >= 4 is 17.8 Å². The van der Waals surface area contributed by atoms with Gasteiger partial charge in [0.15, 0.2) is 0 Å². The minimum absolute atomic E-state index is 0.0739. The van der Waals surface area contributed by atoms with E-state index in [1.807, 2.05) is 0 Å². The Balaban J connectivity index is 1.60. The number of piperazine rings is 1. The molecule has 142 valence electrons. The molecule has 1 fully saturated rings. The number of anilines is 1. The molecule has 0 atom stereocenters. The van der Waals surface area contributed by atoms with Crippen LogP contribution in [0.15, 0.2) is 42.7 Å². The maximum Gasteiger partial charge on any atom is 0.253 e. The second-order valence-electron chi connectivity index (χ2n) is 6.16. The van der Waals surface area contributed by atoms with Gasteiger partial charge in [0, 0.05) is 63.4 Å². The fourth-order valence-corrected chi connectivity index (χ4v) is 2.91. The predicted molar refractivity (Wildman–Crippen MR) is 101 cm³/mol. The number of nitrogens with one attached hydrogen (secondary N) is 1. The monoisotopic (exact) mass is 369 g/mol. The molecule has 1 aliphatic heterocycles. The highest BCUT2D eigenvalue weighted by Crippen LogP contribution is 2.14. The van der Waals surface area contributed by atoms with E-state index in [0.29, 0.717) is 56.4 Å². The lowest BCUT2D eigenvalue weighted by Crippen LogP contribution is -2.49. The van der Waals surface area contributed by atoms with Gasteiger partial charge in [-0.15, -0.1) is 0 Å². The third-order valence-electron chi connectivity index (χ3n) is 4.37. The van der Waals surface area contributed by atoms with E-state index in [9.17, 15) is 9.59 Å². The van der Waals surface area contributed by atoms with Crippen molar-refractivity contribution in [3.63, 3.8) is 0 Å². The zero-order valence-electron chi connectivity index (χ0n) is 15.3. The van der Waals surface area contributed by atoms with Gasteiger partial charge in [-0.1, -0.05) is 6.07 Å². The highest BCUT2D eigenvalue weighted by molar-refractivity contribution is 5.99. The maximum absolute atomic E-state index is 12.8. The standard InChI is InChI=1S/C19H23N5O3/c1-27-13-8-20-17(25)15-4-2-5-16(14-15)18(26)23-9-11-24(12-10-23)19-21-6-3-7-22-19/h2-7,14H,8-13H2,1H3,(H,20,25). The van der Waals surface area contributed by atoms with E-state index in [1.54, 1.807) is 54.7 Å². The molecule has 0 unspecified atom stereocenters. The SMILES string of the molecule is COCCNC(=O)c1cccc(C(=O)N2CCN(c3ncccn3)CC2)c1. The number of aromatic nitrogens is 2. The van der Waals surface area contributed by atoms with Gasteiger partial charge in [-0.25, -0.2) is 9.97 Å². The van der Waals surface area contributed by atoms with Crippen LogP contribution in [0.1, 0.15) is 20.7 Å². The van der Waals surface area contributed by atoms with Gasteiger partial charge in [0.05, 0.1) is 6.61 Å². The third kappa shape index (κ3) is 4.79. The number of hydrogen-bond acceptors (Lipinski definition) is 6. The van der Waals surface area contributed by atoms with Crippen LogP contribution in [0.2, 0.25) is 0 Å². The molecule has 0 saturated carbocycles. The van der Waals surface area contributed by atoms with E-state index in [2.05, 4.69) is 20.2 Å². The van der Waals surface area contributed by atoms with E-state index in [-0.39, 0.29) is 11.8 Å². The first-order chi connectivity index (χ1) is 13.2. The summed E-state index contributed by atoms with van der Waals surface area (Å²) >= 11 is 0. The molecule has 1 aromatic heterocycles. The molecular weight excluding hydrogens is 346 g/mol. The van der Waals surface area contributed by atoms with Crippen LogP contribution in [-0.4, -0.2) is 73.1 Å². The Labute approximate surface area is 158 Å². The van der Waals surface area contributed by atoms with Crippen LogP contribution < -0.4 is 10.2 Å². The smallest absolute Gasteiger partial charge is 0.253 e. The Bertz CT molecular complexity index is 776. The fraction of sp³-hybridized carbons (Fsp3) is 0.368. The van der Waals surface area contributed by atoms with Crippen molar-refractivity contribution in [2.24, 2.45) is 0 Å². The number of ether oxygens (including phenoxy) is 1. The minimum atomic E-state index is -0.215. The molecule has 27 heavy (non-hydrogen) atoms. The zero-order valence-corrected chi connectivity index (χ0v) is 15.3. The van der Waals surface area contributed by atoms with Gasteiger partial charge in [0.25, 0.3) is 11.8 Å². The average molecular weight is 369 g/mol. The van der Waals surface area contributed by atoms with Gasteiger partial charge in [-0.2, -0.15) is 0 Å². The lowest BCUT2D eigenvalue weighted by Gasteiger charge is -2.34. The number of rotatable bonds is 6. The van der Waals surface area contributed by atoms with Crippen LogP contribution in [0, 0.1) is 0 Å². The molecule has 2 heterocycles. The number of carbonyl (C=O) groups is 2. The molecule has 0 bridgehead atoms. The predicted octanol–water partition coefficient (Wildman–Crippen LogP) is 0.815. The molecule has 1 aliphatic rings. The van der Waals surface area contributed by atoms with Crippen molar-refractivity contribution in [2.45, 2.75) is 0 Å². The van der Waals surface area contributed by atoms with Crippen molar-refractivity contribution in [2.75, 3.05) is 51.3 Å². The largest absolute Gasteiger partial charge is 0.383 e. The topological polar surface area (TPSA) is 87.7 Å². The molecule has 1 saturated heterocycles. The first-order valence-electron chi connectivity index (χ1n) is 8.87. The first-order valence-corrected chi connectivity index (χ1v) is 8.87. The summed E-state index contributed by atoms with van der Waals surface area (Å²) in [7, 11) is 1.58. The summed E-state index contributed by atoms with van der Waals surface area (Å²) in [6, 6.07) is 8.58. The van der Waals surface area contributed by atoms with Crippen LogP contribution in [0.4, 0.5) is 5.95 Å². The Morgan fingerprint density at radius 3 is 2.48 bits per heavy atom. The van der Waals surface area contributed by atoms with E-state index in [0.717, 1.165) is 0 Å². The number of carbonyl (C=O) groups excluding carboxylic acids is 2. The van der Waals surface area contributed by atoms with Crippen molar-refractivity contribution in [1.82, 2.24) is 20.2 Å². The molecule has 0 aliphatic carbocycles. The molecule has 2 aromatic rings. The van der Waals surface area contributed by atoms with Crippen molar-refractivity contribution < 1.29 is 14.3 Å². The second-order valence-corrected chi connectivity index (χ2v) is 6.16. The first kappa shape index (κ1) is 18.8. The Hall–Kier alpha value is -3.00. The quantitative estimate of drug-likeness (QED) is 0.759. The summed E-state index contributed by atoms with van der Waals surface area (Å²) in [6.07, 6.45) is 3.42.